The van der Waals surface area contributed by atoms with Crippen molar-refractivity contribution < 1.29 is 14.3 Å². The SMILES string of the molecule is COc1ccc(N2C(=O)S/C(=C\c3ccncc3)C2=O)cc1. The van der Waals surface area contributed by atoms with E-state index in [9.17, 15) is 9.59 Å². The van der Waals surface area contributed by atoms with E-state index in [0.29, 0.717) is 16.3 Å². The number of amides is 2. The summed E-state index contributed by atoms with van der Waals surface area (Å²) in [5, 5.41) is -0.310. The first-order valence-corrected chi connectivity index (χ1v) is 7.33. The fraction of sp³-hybridized carbons (Fsp3) is 0.0625. The standard InChI is InChI=1S/C16H12N2O3S/c1-21-13-4-2-12(3-5-13)18-15(19)14(22-16(18)20)10-11-6-8-17-9-7-11/h2-10H,1H3/b14-10-. The van der Waals surface area contributed by atoms with Gasteiger partial charge in [-0.1, -0.05) is 0 Å². The monoisotopic (exact) mass is 312 g/mol. The number of carbonyl (C=O) groups is 2. The van der Waals surface area contributed by atoms with E-state index in [0.717, 1.165) is 22.2 Å². The van der Waals surface area contributed by atoms with E-state index in [1.165, 1.54) is 0 Å². The van der Waals surface area contributed by atoms with Gasteiger partial charge in [0.05, 0.1) is 17.7 Å². The Morgan fingerprint density at radius 1 is 1.09 bits per heavy atom. The summed E-state index contributed by atoms with van der Waals surface area (Å²) in [7, 11) is 1.56. The summed E-state index contributed by atoms with van der Waals surface area (Å²) in [6.07, 6.45) is 4.97. The molecule has 3 rings (SSSR count). The lowest BCUT2D eigenvalue weighted by molar-refractivity contribution is -0.113. The predicted molar refractivity (Wildman–Crippen MR) is 85.7 cm³/mol. The van der Waals surface area contributed by atoms with Crippen LogP contribution in [-0.2, 0) is 4.79 Å². The zero-order chi connectivity index (χ0) is 15.5. The Labute approximate surface area is 131 Å². The zero-order valence-corrected chi connectivity index (χ0v) is 12.5. The molecule has 1 saturated heterocycles. The molecule has 5 nitrogen and oxygen atoms in total. The van der Waals surface area contributed by atoms with Crippen molar-refractivity contribution >= 4 is 34.7 Å². The van der Waals surface area contributed by atoms with Crippen molar-refractivity contribution in [3.8, 4) is 5.75 Å². The maximum atomic E-state index is 12.4. The van der Waals surface area contributed by atoms with Crippen molar-refractivity contribution in [3.63, 3.8) is 0 Å². The van der Waals surface area contributed by atoms with Gasteiger partial charge in [0.25, 0.3) is 11.1 Å². The number of pyridine rings is 1. The minimum atomic E-state index is -0.322. The summed E-state index contributed by atoms with van der Waals surface area (Å²) in [5.41, 5.74) is 1.36. The number of hydrogen-bond acceptors (Lipinski definition) is 5. The minimum Gasteiger partial charge on any atom is -0.497 e. The van der Waals surface area contributed by atoms with E-state index >= 15 is 0 Å². The molecule has 2 heterocycles. The van der Waals surface area contributed by atoms with Crippen LogP contribution in [0.1, 0.15) is 5.56 Å². The number of nitrogens with zero attached hydrogens (tertiary/aromatic N) is 2. The molecule has 0 bridgehead atoms. The largest absolute Gasteiger partial charge is 0.497 e. The fourth-order valence-electron chi connectivity index (χ4n) is 2.03. The fourth-order valence-corrected chi connectivity index (χ4v) is 2.87. The van der Waals surface area contributed by atoms with Gasteiger partial charge in [-0.25, -0.2) is 4.90 Å². The van der Waals surface area contributed by atoms with Crippen LogP contribution in [0.25, 0.3) is 6.08 Å². The lowest BCUT2D eigenvalue weighted by atomic mass is 10.2. The van der Waals surface area contributed by atoms with E-state index in [2.05, 4.69) is 4.98 Å². The van der Waals surface area contributed by atoms with Crippen LogP contribution in [0.3, 0.4) is 0 Å². The van der Waals surface area contributed by atoms with Gasteiger partial charge in [0, 0.05) is 12.4 Å². The van der Waals surface area contributed by atoms with Crippen LogP contribution in [0.2, 0.25) is 0 Å². The van der Waals surface area contributed by atoms with Crippen LogP contribution in [0.4, 0.5) is 10.5 Å². The molecule has 0 N–H and O–H groups in total. The number of benzene rings is 1. The highest BCUT2D eigenvalue weighted by Crippen LogP contribution is 2.36. The Morgan fingerprint density at radius 2 is 1.77 bits per heavy atom. The number of rotatable bonds is 3. The first kappa shape index (κ1) is 14.3. The molecule has 0 aliphatic carbocycles. The molecular weight excluding hydrogens is 300 g/mol. The van der Waals surface area contributed by atoms with Gasteiger partial charge >= 0.3 is 0 Å². The molecule has 1 aromatic heterocycles. The van der Waals surface area contributed by atoms with Crippen LogP contribution in [0.5, 0.6) is 5.75 Å². The van der Waals surface area contributed by atoms with Crippen LogP contribution in [0.15, 0.2) is 53.7 Å². The number of methoxy groups -OCH3 is 1. The molecule has 0 unspecified atom stereocenters. The highest BCUT2D eigenvalue weighted by molar-refractivity contribution is 8.19. The van der Waals surface area contributed by atoms with Gasteiger partial charge in [-0.2, -0.15) is 0 Å². The maximum Gasteiger partial charge on any atom is 0.298 e. The summed E-state index contributed by atoms with van der Waals surface area (Å²) in [5.74, 6) is 0.347. The van der Waals surface area contributed by atoms with Crippen LogP contribution < -0.4 is 9.64 Å². The van der Waals surface area contributed by atoms with Crippen LogP contribution >= 0.6 is 11.8 Å². The van der Waals surface area contributed by atoms with Crippen molar-refractivity contribution in [2.45, 2.75) is 0 Å². The van der Waals surface area contributed by atoms with E-state index in [1.54, 1.807) is 62.0 Å². The molecule has 1 fully saturated rings. The summed E-state index contributed by atoms with van der Waals surface area (Å²) in [4.78, 5) is 30.0. The highest BCUT2D eigenvalue weighted by Gasteiger charge is 2.36. The second-order valence-corrected chi connectivity index (χ2v) is 5.49. The van der Waals surface area contributed by atoms with Crippen molar-refractivity contribution in [1.29, 1.82) is 0 Å². The first-order valence-electron chi connectivity index (χ1n) is 6.51. The van der Waals surface area contributed by atoms with Gasteiger partial charge in [-0.3, -0.25) is 14.6 Å². The molecule has 1 aliphatic heterocycles. The lowest BCUT2D eigenvalue weighted by Gasteiger charge is -2.12. The summed E-state index contributed by atoms with van der Waals surface area (Å²) >= 11 is 0.928. The summed E-state index contributed by atoms with van der Waals surface area (Å²) < 4.78 is 5.07. The third kappa shape index (κ3) is 2.73. The van der Waals surface area contributed by atoms with Gasteiger partial charge in [-0.15, -0.1) is 0 Å². The summed E-state index contributed by atoms with van der Waals surface area (Å²) in [6.45, 7) is 0. The number of hydrogen-bond donors (Lipinski definition) is 0. The Balaban J connectivity index is 1.89. The third-order valence-electron chi connectivity index (χ3n) is 3.13. The lowest BCUT2D eigenvalue weighted by Crippen LogP contribution is -2.27. The second kappa shape index (κ2) is 6.03. The number of ether oxygens (including phenoxy) is 1. The van der Waals surface area contributed by atoms with E-state index in [1.807, 2.05) is 0 Å². The molecule has 110 valence electrons. The summed E-state index contributed by atoms with van der Waals surface area (Å²) in [6, 6.07) is 10.4. The third-order valence-corrected chi connectivity index (χ3v) is 4.00. The molecule has 0 radical (unpaired) electrons. The Kier molecular flexibility index (Phi) is 3.93. The molecule has 1 aromatic carbocycles. The first-order chi connectivity index (χ1) is 10.7. The smallest absolute Gasteiger partial charge is 0.298 e. The van der Waals surface area contributed by atoms with Gasteiger partial charge < -0.3 is 4.74 Å². The number of carbonyl (C=O) groups excluding carboxylic acids is 2. The average molecular weight is 312 g/mol. The number of imide groups is 1. The molecule has 0 saturated carbocycles. The molecule has 2 amide bonds. The van der Waals surface area contributed by atoms with Gasteiger partial charge in [-0.05, 0) is 59.8 Å². The number of thioether (sulfide) groups is 1. The normalized spacial score (nSPS) is 16.4. The van der Waals surface area contributed by atoms with Gasteiger partial charge in [0.15, 0.2) is 0 Å². The molecule has 0 spiro atoms. The van der Waals surface area contributed by atoms with Crippen LogP contribution in [-0.4, -0.2) is 23.2 Å². The van der Waals surface area contributed by atoms with E-state index < -0.39 is 0 Å². The maximum absolute atomic E-state index is 12.4. The van der Waals surface area contributed by atoms with Gasteiger partial charge in [0.1, 0.15) is 5.75 Å². The topological polar surface area (TPSA) is 59.5 Å². The minimum absolute atomic E-state index is 0.310. The van der Waals surface area contributed by atoms with Gasteiger partial charge in [0.2, 0.25) is 0 Å². The second-order valence-electron chi connectivity index (χ2n) is 4.50. The molecule has 22 heavy (non-hydrogen) atoms. The van der Waals surface area contributed by atoms with Crippen molar-refractivity contribution in [3.05, 3.63) is 59.3 Å². The molecular formula is C16H12N2O3S. The van der Waals surface area contributed by atoms with E-state index in [4.69, 9.17) is 4.74 Å². The highest BCUT2D eigenvalue weighted by atomic mass is 32.2. The Bertz CT molecular complexity index is 742. The van der Waals surface area contributed by atoms with Crippen molar-refractivity contribution in [2.24, 2.45) is 0 Å². The molecule has 6 heteroatoms. The Morgan fingerprint density at radius 3 is 2.41 bits per heavy atom. The van der Waals surface area contributed by atoms with E-state index in [-0.39, 0.29) is 11.1 Å². The Hall–Kier alpha value is -2.60. The van der Waals surface area contributed by atoms with Crippen molar-refractivity contribution in [1.82, 2.24) is 4.98 Å². The predicted octanol–water partition coefficient (Wildman–Crippen LogP) is 3.33. The number of anilines is 1. The number of aromatic nitrogens is 1. The molecule has 0 atom stereocenters. The van der Waals surface area contributed by atoms with Crippen LogP contribution in [0, 0.1) is 0 Å². The molecule has 2 aromatic rings. The van der Waals surface area contributed by atoms with Crippen molar-refractivity contribution in [2.75, 3.05) is 12.0 Å². The quantitative estimate of drug-likeness (QED) is 0.814. The zero-order valence-electron chi connectivity index (χ0n) is 11.7. The molecule has 1 aliphatic rings. The average Bonchev–Trinajstić information content (AvgIpc) is 2.82.